The number of hydrogen-bond donors (Lipinski definition) is 0. The first-order valence-corrected chi connectivity index (χ1v) is 6.58. The monoisotopic (exact) mass is 256 g/mol. The van der Waals surface area contributed by atoms with Gasteiger partial charge in [-0.3, -0.25) is 0 Å². The number of carbonyl (C=O) groups excluding carboxylic acids is 1. The van der Waals surface area contributed by atoms with Gasteiger partial charge in [0.25, 0.3) is 0 Å². The summed E-state index contributed by atoms with van der Waals surface area (Å²) in [6, 6.07) is 4.93. The van der Waals surface area contributed by atoms with Crippen LogP contribution in [0.1, 0.15) is 36.5 Å². The van der Waals surface area contributed by atoms with Crippen molar-refractivity contribution < 1.29 is 14.3 Å². The third kappa shape index (κ3) is 5.86. The maximum absolute atomic E-state index is 11.6. The number of carbonyl (C=O) groups is 1. The average molecular weight is 256 g/mol. The minimum atomic E-state index is -0.386. The molecule has 0 bridgehead atoms. The zero-order valence-corrected chi connectivity index (χ0v) is 11.4. The van der Waals surface area contributed by atoms with Crippen molar-refractivity contribution in [3.05, 3.63) is 23.8 Å². The molecule has 0 saturated carbocycles. The first-order chi connectivity index (χ1) is 9.17. The van der Waals surface area contributed by atoms with E-state index in [2.05, 4.69) is 0 Å². The Morgan fingerprint density at radius 3 is 2.68 bits per heavy atom. The van der Waals surface area contributed by atoms with Gasteiger partial charge in [-0.15, -0.1) is 0 Å². The van der Waals surface area contributed by atoms with Gasteiger partial charge in [-0.1, -0.05) is 30.7 Å². The summed E-state index contributed by atoms with van der Waals surface area (Å²) in [6.07, 6.45) is 3.66. The summed E-state index contributed by atoms with van der Waals surface area (Å²) in [5, 5.41) is 0. The van der Waals surface area contributed by atoms with Crippen molar-refractivity contribution in [1.82, 2.24) is 0 Å². The van der Waals surface area contributed by atoms with Gasteiger partial charge >= 0.3 is 5.97 Å². The lowest BCUT2D eigenvalue weighted by Crippen LogP contribution is -2.11. The van der Waals surface area contributed by atoms with Gasteiger partial charge in [-0.05, 0) is 25.5 Å². The van der Waals surface area contributed by atoms with Crippen LogP contribution in [0.5, 0.6) is 5.75 Å². The zero-order valence-electron chi connectivity index (χ0n) is 11.4. The van der Waals surface area contributed by atoms with E-state index in [1.54, 1.807) is 25.1 Å². The Morgan fingerprint density at radius 1 is 1.21 bits per heavy atom. The summed E-state index contributed by atoms with van der Waals surface area (Å²) in [5.74, 6) is 0.207. The second kappa shape index (κ2) is 8.68. The number of hydrogen-bond acceptors (Lipinski definition) is 3. The third-order valence-electron chi connectivity index (χ3n) is 2.56. The van der Waals surface area contributed by atoms with Gasteiger partial charge < -0.3 is 9.47 Å². The molecular weight excluding hydrogens is 238 g/mol. The number of ether oxygens (including phenoxy) is 2. The van der Waals surface area contributed by atoms with Crippen LogP contribution in [0.4, 0.5) is 0 Å². The van der Waals surface area contributed by atoms with Crippen molar-refractivity contribution in [2.24, 2.45) is 0 Å². The van der Waals surface area contributed by atoms with Gasteiger partial charge in [-0.2, -0.15) is 0 Å². The molecule has 0 aliphatic heterocycles. The van der Waals surface area contributed by atoms with Crippen LogP contribution in [0.2, 0.25) is 6.32 Å². The molecule has 0 spiro atoms. The van der Waals surface area contributed by atoms with Crippen LogP contribution in [0.25, 0.3) is 0 Å². The van der Waals surface area contributed by atoms with Crippen molar-refractivity contribution in [1.29, 1.82) is 0 Å². The number of unbranched alkanes of at least 4 members (excludes halogenated alkanes) is 2. The molecule has 0 aromatic heterocycles. The molecule has 0 fully saturated rings. The third-order valence-corrected chi connectivity index (χ3v) is 2.56. The van der Waals surface area contributed by atoms with Crippen molar-refractivity contribution >= 4 is 27.1 Å². The Hall–Kier alpha value is -1.38. The van der Waals surface area contributed by atoms with Gasteiger partial charge in [0.2, 0.25) is 0 Å². The standard InChI is InChI=1S/C14H18B2O3/c1-2-18-14(17)11-8-12(16)10-13(9-11)19-7-5-3-4-6-15/h8-10H,2-7H2,1H3. The van der Waals surface area contributed by atoms with Crippen molar-refractivity contribution in [3.63, 3.8) is 0 Å². The summed E-state index contributed by atoms with van der Waals surface area (Å²) in [4.78, 5) is 11.6. The largest absolute Gasteiger partial charge is 0.494 e. The predicted molar refractivity (Wildman–Crippen MR) is 77.7 cm³/mol. The van der Waals surface area contributed by atoms with E-state index in [1.165, 1.54) is 0 Å². The maximum Gasteiger partial charge on any atom is 0.338 e. The fourth-order valence-corrected chi connectivity index (χ4v) is 1.65. The van der Waals surface area contributed by atoms with E-state index >= 15 is 0 Å². The first-order valence-electron chi connectivity index (χ1n) is 6.58. The lowest BCUT2D eigenvalue weighted by molar-refractivity contribution is 0.0526. The van der Waals surface area contributed by atoms with Gasteiger partial charge in [0, 0.05) is 0 Å². The highest BCUT2D eigenvalue weighted by atomic mass is 16.5. The highest BCUT2D eigenvalue weighted by Crippen LogP contribution is 2.13. The van der Waals surface area contributed by atoms with E-state index < -0.39 is 0 Å². The molecule has 19 heavy (non-hydrogen) atoms. The number of rotatable bonds is 8. The Morgan fingerprint density at radius 2 is 2.00 bits per heavy atom. The molecule has 0 aliphatic rings. The quantitative estimate of drug-likeness (QED) is 0.404. The minimum absolute atomic E-state index is 0.336. The molecule has 5 heteroatoms. The Kier molecular flexibility index (Phi) is 7.16. The van der Waals surface area contributed by atoms with E-state index in [1.807, 2.05) is 0 Å². The van der Waals surface area contributed by atoms with Crippen LogP contribution >= 0.6 is 0 Å². The summed E-state index contributed by atoms with van der Waals surface area (Å²) in [5.41, 5.74) is 0.904. The zero-order chi connectivity index (χ0) is 14.1. The topological polar surface area (TPSA) is 35.5 Å². The van der Waals surface area contributed by atoms with E-state index in [4.69, 9.17) is 25.2 Å². The number of benzene rings is 1. The molecule has 98 valence electrons. The second-order valence-corrected chi connectivity index (χ2v) is 4.21. The average Bonchev–Trinajstić information content (AvgIpc) is 2.38. The molecule has 0 aliphatic carbocycles. The molecule has 0 N–H and O–H groups in total. The van der Waals surface area contributed by atoms with Crippen LogP contribution in [0.3, 0.4) is 0 Å². The molecule has 0 atom stereocenters. The van der Waals surface area contributed by atoms with Crippen LogP contribution < -0.4 is 10.2 Å². The molecule has 0 saturated heterocycles. The van der Waals surface area contributed by atoms with E-state index in [0.717, 1.165) is 19.3 Å². The summed E-state index contributed by atoms with van der Waals surface area (Å²) >= 11 is 0. The summed E-state index contributed by atoms with van der Waals surface area (Å²) in [7, 11) is 11.2. The lowest BCUT2D eigenvalue weighted by atomic mass is 9.94. The van der Waals surface area contributed by atoms with E-state index in [9.17, 15) is 4.79 Å². The van der Waals surface area contributed by atoms with Crippen molar-refractivity contribution in [2.45, 2.75) is 32.5 Å². The van der Waals surface area contributed by atoms with E-state index in [0.29, 0.717) is 36.3 Å². The van der Waals surface area contributed by atoms with Crippen LogP contribution in [0, 0.1) is 0 Å². The SMILES string of the molecule is [B]CCCCCOc1cc([B])cc(C(=O)OCC)c1. The molecule has 0 amide bonds. The highest BCUT2D eigenvalue weighted by molar-refractivity contribution is 6.32. The molecule has 1 aromatic rings. The first kappa shape index (κ1) is 15.7. The van der Waals surface area contributed by atoms with Gasteiger partial charge in [0.15, 0.2) is 0 Å². The fraction of sp³-hybridized carbons (Fsp3) is 0.500. The summed E-state index contributed by atoms with van der Waals surface area (Å²) in [6.45, 7) is 2.69. The fourth-order valence-electron chi connectivity index (χ4n) is 1.65. The Bertz CT molecular complexity index is 408. The molecule has 3 nitrogen and oxygen atoms in total. The normalized spacial score (nSPS) is 10.2. The minimum Gasteiger partial charge on any atom is -0.494 e. The van der Waals surface area contributed by atoms with Crippen LogP contribution in [-0.2, 0) is 4.74 Å². The lowest BCUT2D eigenvalue weighted by Gasteiger charge is -2.09. The molecule has 0 unspecified atom stereocenters. The van der Waals surface area contributed by atoms with Gasteiger partial charge in [0.05, 0.1) is 26.6 Å². The Labute approximate surface area is 117 Å². The molecule has 0 heterocycles. The van der Waals surface area contributed by atoms with Crippen LogP contribution in [-0.4, -0.2) is 34.9 Å². The summed E-state index contributed by atoms with van der Waals surface area (Å²) < 4.78 is 10.5. The Balaban J connectivity index is 2.56. The second-order valence-electron chi connectivity index (χ2n) is 4.21. The molecule has 1 aromatic carbocycles. The van der Waals surface area contributed by atoms with Gasteiger partial charge in [-0.25, -0.2) is 4.79 Å². The number of esters is 1. The van der Waals surface area contributed by atoms with Gasteiger partial charge in [0.1, 0.15) is 13.6 Å². The van der Waals surface area contributed by atoms with Crippen molar-refractivity contribution in [2.75, 3.05) is 13.2 Å². The molecule has 1 rings (SSSR count). The predicted octanol–water partition coefficient (Wildman–Crippen LogP) is 1.79. The van der Waals surface area contributed by atoms with Crippen LogP contribution in [0.15, 0.2) is 18.2 Å². The molecular formula is C14H18B2O3. The highest BCUT2D eigenvalue weighted by Gasteiger charge is 2.08. The maximum atomic E-state index is 11.6. The van der Waals surface area contributed by atoms with Crippen molar-refractivity contribution in [3.8, 4) is 5.75 Å². The molecule has 4 radical (unpaired) electrons. The smallest absolute Gasteiger partial charge is 0.338 e. The van der Waals surface area contributed by atoms with E-state index in [-0.39, 0.29) is 5.97 Å².